The third-order valence-electron chi connectivity index (χ3n) is 4.70. The van der Waals surface area contributed by atoms with E-state index >= 15 is 0 Å². The third kappa shape index (κ3) is 3.10. The average molecular weight is 391 g/mol. The summed E-state index contributed by atoms with van der Waals surface area (Å²) in [6, 6.07) is 15.3. The second-order valence-electron chi connectivity index (χ2n) is 6.22. The van der Waals surface area contributed by atoms with E-state index in [-0.39, 0.29) is 0 Å². The van der Waals surface area contributed by atoms with Gasteiger partial charge in [0.05, 0.1) is 34.1 Å². The largest absolute Gasteiger partial charge is 0.496 e. The van der Waals surface area contributed by atoms with Crippen LogP contribution >= 0.6 is 0 Å². The van der Waals surface area contributed by atoms with Gasteiger partial charge in [-0.1, -0.05) is 12.1 Å². The molecule has 0 aliphatic heterocycles. The van der Waals surface area contributed by atoms with Crippen molar-refractivity contribution in [3.05, 3.63) is 54.7 Å². The fraction of sp³-hybridized carbons (Fsp3) is 0.182. The van der Waals surface area contributed by atoms with Gasteiger partial charge in [-0.05, 0) is 24.3 Å². The molecule has 2 aromatic carbocycles. The van der Waals surface area contributed by atoms with E-state index in [1.165, 1.54) is 0 Å². The Morgan fingerprint density at radius 2 is 1.45 bits per heavy atom. The predicted octanol–water partition coefficient (Wildman–Crippen LogP) is 4.12. The van der Waals surface area contributed by atoms with E-state index in [2.05, 4.69) is 4.98 Å². The first-order valence-electron chi connectivity index (χ1n) is 8.99. The molecule has 0 fully saturated rings. The third-order valence-corrected chi connectivity index (χ3v) is 4.70. The molecule has 0 bridgehead atoms. The number of benzene rings is 2. The molecule has 0 saturated carbocycles. The van der Waals surface area contributed by atoms with Crippen LogP contribution in [-0.4, -0.2) is 43.2 Å². The summed E-state index contributed by atoms with van der Waals surface area (Å²) in [6.45, 7) is 0. The minimum absolute atomic E-state index is 0.521. The fourth-order valence-electron chi connectivity index (χ4n) is 3.36. The van der Waals surface area contributed by atoms with Gasteiger partial charge in [-0.25, -0.2) is 9.67 Å². The molecule has 29 heavy (non-hydrogen) atoms. The zero-order valence-corrected chi connectivity index (χ0v) is 16.7. The van der Waals surface area contributed by atoms with Crippen LogP contribution in [0, 0.1) is 0 Å². The number of fused-ring (bicyclic) bond motifs is 1. The van der Waals surface area contributed by atoms with E-state index in [1.807, 2.05) is 48.5 Å². The van der Waals surface area contributed by atoms with Gasteiger partial charge in [0, 0.05) is 29.3 Å². The lowest BCUT2D eigenvalue weighted by molar-refractivity contribution is 0.324. The molecular weight excluding hydrogens is 370 g/mol. The molecule has 2 aromatic heterocycles. The van der Waals surface area contributed by atoms with Crippen LogP contribution in [0.15, 0.2) is 54.7 Å². The van der Waals surface area contributed by atoms with E-state index in [0.717, 1.165) is 28.1 Å². The Balaban J connectivity index is 1.99. The Morgan fingerprint density at radius 1 is 0.759 bits per heavy atom. The number of hydrogen-bond donors (Lipinski definition) is 0. The molecular formula is C22H21N3O4. The van der Waals surface area contributed by atoms with Crippen molar-refractivity contribution in [2.24, 2.45) is 0 Å². The van der Waals surface area contributed by atoms with Crippen LogP contribution < -0.4 is 18.9 Å². The number of nitrogens with zero attached hydrogens (tertiary/aromatic N) is 3. The van der Waals surface area contributed by atoms with Gasteiger partial charge in [0.25, 0.3) is 0 Å². The lowest BCUT2D eigenvalue weighted by Crippen LogP contribution is -2.02. The molecule has 0 atom stereocenters. The molecule has 0 saturated heterocycles. The lowest BCUT2D eigenvalue weighted by Gasteiger charge is -2.14. The van der Waals surface area contributed by atoms with Crippen LogP contribution in [-0.2, 0) is 0 Å². The van der Waals surface area contributed by atoms with Gasteiger partial charge in [-0.2, -0.15) is 5.10 Å². The van der Waals surface area contributed by atoms with Gasteiger partial charge >= 0.3 is 0 Å². The summed E-state index contributed by atoms with van der Waals surface area (Å²) >= 11 is 0. The van der Waals surface area contributed by atoms with Crippen LogP contribution in [0.4, 0.5) is 0 Å². The Labute approximate surface area is 168 Å². The minimum Gasteiger partial charge on any atom is -0.496 e. The van der Waals surface area contributed by atoms with Crippen LogP contribution in [0.5, 0.6) is 23.0 Å². The Hall–Kier alpha value is -3.74. The number of aromatic nitrogens is 3. The summed E-state index contributed by atoms with van der Waals surface area (Å²) in [5, 5.41) is 5.78. The van der Waals surface area contributed by atoms with Crippen molar-refractivity contribution in [1.29, 1.82) is 0 Å². The first-order valence-corrected chi connectivity index (χ1v) is 8.99. The van der Waals surface area contributed by atoms with Crippen molar-refractivity contribution >= 4 is 11.0 Å². The van der Waals surface area contributed by atoms with Crippen LogP contribution in [0.1, 0.15) is 0 Å². The average Bonchev–Trinajstić information content (AvgIpc) is 3.17. The number of pyridine rings is 1. The maximum atomic E-state index is 5.54. The normalized spacial score (nSPS) is 10.8. The summed E-state index contributed by atoms with van der Waals surface area (Å²) in [5.41, 5.74) is 3.12. The van der Waals surface area contributed by atoms with Crippen molar-refractivity contribution < 1.29 is 18.9 Å². The van der Waals surface area contributed by atoms with Crippen molar-refractivity contribution in [2.45, 2.75) is 0 Å². The molecule has 4 rings (SSSR count). The van der Waals surface area contributed by atoms with Gasteiger partial charge in [-0.3, -0.25) is 0 Å². The summed E-state index contributed by atoms with van der Waals surface area (Å²) in [7, 11) is 6.39. The second-order valence-corrected chi connectivity index (χ2v) is 6.22. The second kappa shape index (κ2) is 7.71. The summed E-state index contributed by atoms with van der Waals surface area (Å²) < 4.78 is 23.7. The molecule has 0 radical (unpaired) electrons. The Kier molecular flexibility index (Phi) is 4.95. The molecule has 7 nitrogen and oxygen atoms in total. The monoisotopic (exact) mass is 391 g/mol. The number of rotatable bonds is 6. The van der Waals surface area contributed by atoms with E-state index in [4.69, 9.17) is 24.0 Å². The molecule has 4 aromatic rings. The Morgan fingerprint density at radius 3 is 2.10 bits per heavy atom. The SMILES string of the molecule is COc1ccccc1-c1nn(-c2cc(OC)c(OC)c(OC)c2)c2ncccc12. The summed E-state index contributed by atoms with van der Waals surface area (Å²) in [4.78, 5) is 4.56. The number of hydrogen-bond acceptors (Lipinski definition) is 6. The van der Waals surface area contributed by atoms with Gasteiger partial charge in [-0.15, -0.1) is 0 Å². The van der Waals surface area contributed by atoms with Crippen LogP contribution in [0.25, 0.3) is 28.0 Å². The Bertz CT molecular complexity index is 1140. The van der Waals surface area contributed by atoms with Crippen molar-refractivity contribution in [3.8, 4) is 39.9 Å². The van der Waals surface area contributed by atoms with E-state index in [0.29, 0.717) is 22.9 Å². The van der Waals surface area contributed by atoms with Gasteiger partial charge in [0.15, 0.2) is 17.1 Å². The number of methoxy groups -OCH3 is 4. The van der Waals surface area contributed by atoms with E-state index < -0.39 is 0 Å². The maximum absolute atomic E-state index is 5.54. The van der Waals surface area contributed by atoms with Gasteiger partial charge < -0.3 is 18.9 Å². The quantitative estimate of drug-likeness (QED) is 0.492. The van der Waals surface area contributed by atoms with Crippen molar-refractivity contribution in [1.82, 2.24) is 14.8 Å². The highest BCUT2D eigenvalue weighted by Gasteiger charge is 2.20. The topological polar surface area (TPSA) is 67.6 Å². The maximum Gasteiger partial charge on any atom is 0.203 e. The molecule has 0 aliphatic carbocycles. The van der Waals surface area contributed by atoms with Crippen molar-refractivity contribution in [3.63, 3.8) is 0 Å². The molecule has 0 spiro atoms. The van der Waals surface area contributed by atoms with Crippen LogP contribution in [0.2, 0.25) is 0 Å². The van der Waals surface area contributed by atoms with Crippen molar-refractivity contribution in [2.75, 3.05) is 28.4 Å². The molecule has 0 amide bonds. The zero-order chi connectivity index (χ0) is 20.4. The number of para-hydroxylation sites is 1. The first-order chi connectivity index (χ1) is 14.2. The minimum atomic E-state index is 0.521. The predicted molar refractivity (Wildman–Crippen MR) is 111 cm³/mol. The fourth-order valence-corrected chi connectivity index (χ4v) is 3.36. The van der Waals surface area contributed by atoms with Crippen LogP contribution in [0.3, 0.4) is 0 Å². The number of ether oxygens (including phenoxy) is 4. The molecule has 0 aliphatic rings. The smallest absolute Gasteiger partial charge is 0.203 e. The standard InChI is InChI=1S/C22H21N3O4/c1-26-17-10-6-5-8-15(17)20-16-9-7-11-23-22(16)25(24-20)14-12-18(27-2)21(29-4)19(13-14)28-3/h5-13H,1-4H3. The zero-order valence-electron chi connectivity index (χ0n) is 16.7. The molecule has 0 unspecified atom stereocenters. The highest BCUT2D eigenvalue weighted by Crippen LogP contribution is 2.41. The van der Waals surface area contributed by atoms with E-state index in [1.54, 1.807) is 39.3 Å². The summed E-state index contributed by atoms with van der Waals surface area (Å²) in [5.74, 6) is 2.35. The highest BCUT2D eigenvalue weighted by atomic mass is 16.5. The summed E-state index contributed by atoms with van der Waals surface area (Å²) in [6.07, 6.45) is 1.74. The lowest BCUT2D eigenvalue weighted by atomic mass is 10.1. The molecule has 2 heterocycles. The molecule has 7 heteroatoms. The van der Waals surface area contributed by atoms with E-state index in [9.17, 15) is 0 Å². The van der Waals surface area contributed by atoms with Gasteiger partial charge in [0.2, 0.25) is 5.75 Å². The molecule has 0 N–H and O–H groups in total. The molecule has 148 valence electrons. The van der Waals surface area contributed by atoms with Gasteiger partial charge in [0.1, 0.15) is 11.4 Å². The highest BCUT2D eigenvalue weighted by molar-refractivity contribution is 5.93. The first kappa shape index (κ1) is 18.6.